The maximum atomic E-state index is 14.0. The minimum absolute atomic E-state index is 0.0147. The Morgan fingerprint density at radius 1 is 1.03 bits per heavy atom. The van der Waals surface area contributed by atoms with Gasteiger partial charge in [0.05, 0.1) is 30.0 Å². The van der Waals surface area contributed by atoms with E-state index < -0.39 is 17.7 Å². The van der Waals surface area contributed by atoms with Gasteiger partial charge in [0.1, 0.15) is 5.82 Å². The average molecular weight is 445 g/mol. The highest BCUT2D eigenvalue weighted by Crippen LogP contribution is 2.33. The number of imide groups is 1. The standard InChI is InChI=1S/C23H25F2N3O4/c1-32-21-19(25)12-15(24)13-20(21)27-10-8-26(9-11-27)14-16(29)6-7-28-22(30)17-4-2-3-5-18(17)23(28)31/h2-5,12-13,16,29H,6-11,14H2,1H3. The summed E-state index contributed by atoms with van der Waals surface area (Å²) in [7, 11) is 1.35. The molecule has 9 heteroatoms. The van der Waals surface area contributed by atoms with Gasteiger partial charge in [0.25, 0.3) is 11.8 Å². The molecule has 4 rings (SSSR count). The number of methoxy groups -OCH3 is 1. The fourth-order valence-corrected chi connectivity index (χ4v) is 4.26. The largest absolute Gasteiger partial charge is 0.492 e. The minimum Gasteiger partial charge on any atom is -0.492 e. The predicted molar refractivity (Wildman–Crippen MR) is 114 cm³/mol. The van der Waals surface area contributed by atoms with Gasteiger partial charge in [-0.3, -0.25) is 19.4 Å². The summed E-state index contributed by atoms with van der Waals surface area (Å²) >= 11 is 0. The van der Waals surface area contributed by atoms with Crippen LogP contribution in [0.5, 0.6) is 5.75 Å². The van der Waals surface area contributed by atoms with Crippen molar-refractivity contribution in [2.75, 3.05) is 51.3 Å². The van der Waals surface area contributed by atoms with Crippen molar-refractivity contribution in [1.82, 2.24) is 9.80 Å². The van der Waals surface area contributed by atoms with E-state index in [1.807, 2.05) is 9.80 Å². The number of piperazine rings is 1. The van der Waals surface area contributed by atoms with Crippen LogP contribution in [0.15, 0.2) is 36.4 Å². The van der Waals surface area contributed by atoms with Crippen molar-refractivity contribution in [3.63, 3.8) is 0 Å². The smallest absolute Gasteiger partial charge is 0.261 e. The zero-order valence-electron chi connectivity index (χ0n) is 17.8. The molecule has 170 valence electrons. The number of benzene rings is 2. The van der Waals surface area contributed by atoms with Gasteiger partial charge in [-0.2, -0.15) is 0 Å². The topological polar surface area (TPSA) is 73.3 Å². The van der Waals surface area contributed by atoms with Gasteiger partial charge in [-0.05, 0) is 18.6 Å². The van der Waals surface area contributed by atoms with E-state index in [9.17, 15) is 23.5 Å². The molecule has 0 spiro atoms. The van der Waals surface area contributed by atoms with Crippen LogP contribution in [0.2, 0.25) is 0 Å². The van der Waals surface area contributed by atoms with Crippen LogP contribution in [0.25, 0.3) is 0 Å². The van der Waals surface area contributed by atoms with Gasteiger partial charge in [0, 0.05) is 51.4 Å². The number of aliphatic hydroxyl groups excluding tert-OH is 1. The molecule has 2 heterocycles. The van der Waals surface area contributed by atoms with Crippen molar-refractivity contribution in [2.45, 2.75) is 12.5 Å². The van der Waals surface area contributed by atoms with Crippen molar-refractivity contribution in [3.8, 4) is 5.75 Å². The maximum Gasteiger partial charge on any atom is 0.261 e. The molecule has 2 aromatic carbocycles. The second-order valence-electron chi connectivity index (χ2n) is 7.98. The number of nitrogens with zero attached hydrogens (tertiary/aromatic N) is 3. The number of carbonyl (C=O) groups excluding carboxylic acids is 2. The van der Waals surface area contributed by atoms with Crippen LogP contribution in [-0.2, 0) is 0 Å². The van der Waals surface area contributed by atoms with Gasteiger partial charge in [-0.1, -0.05) is 12.1 Å². The lowest BCUT2D eigenvalue weighted by Gasteiger charge is -2.37. The van der Waals surface area contributed by atoms with Gasteiger partial charge < -0.3 is 14.7 Å². The van der Waals surface area contributed by atoms with Crippen LogP contribution in [-0.4, -0.2) is 79.2 Å². The number of fused-ring (bicyclic) bond motifs is 1. The number of β-amino-alcohol motifs (C(OH)–C–C–N with tert-alkyl or cyclic N) is 1. The normalized spacial score (nSPS) is 17.6. The number of amides is 2. The van der Waals surface area contributed by atoms with Crippen molar-refractivity contribution in [3.05, 3.63) is 59.2 Å². The lowest BCUT2D eigenvalue weighted by molar-refractivity contribution is 0.0590. The summed E-state index contributed by atoms with van der Waals surface area (Å²) in [6, 6.07) is 8.75. The maximum absolute atomic E-state index is 14.0. The number of carbonyl (C=O) groups is 2. The molecule has 0 aliphatic carbocycles. The molecule has 1 N–H and O–H groups in total. The van der Waals surface area contributed by atoms with E-state index in [0.717, 1.165) is 6.07 Å². The molecule has 1 unspecified atom stereocenters. The third-order valence-corrected chi connectivity index (χ3v) is 5.94. The Morgan fingerprint density at radius 3 is 2.25 bits per heavy atom. The van der Waals surface area contributed by atoms with Crippen LogP contribution in [0.3, 0.4) is 0 Å². The first kappa shape index (κ1) is 22.2. The molecular formula is C23H25F2N3O4. The molecule has 7 nitrogen and oxygen atoms in total. The summed E-state index contributed by atoms with van der Waals surface area (Å²) in [5.41, 5.74) is 1.16. The van der Waals surface area contributed by atoms with E-state index in [1.54, 1.807) is 24.3 Å². The van der Waals surface area contributed by atoms with E-state index in [2.05, 4.69) is 0 Å². The summed E-state index contributed by atoms with van der Waals surface area (Å²) < 4.78 is 32.8. The first-order valence-corrected chi connectivity index (χ1v) is 10.5. The summed E-state index contributed by atoms with van der Waals surface area (Å²) in [4.78, 5) is 29.9. The number of aliphatic hydroxyl groups is 1. The van der Waals surface area contributed by atoms with Crippen molar-refractivity contribution in [2.24, 2.45) is 0 Å². The number of rotatable bonds is 7. The van der Waals surface area contributed by atoms with E-state index in [1.165, 1.54) is 18.1 Å². The molecule has 0 aromatic heterocycles. The fraction of sp³-hybridized carbons (Fsp3) is 0.391. The number of ether oxygens (including phenoxy) is 1. The molecule has 0 radical (unpaired) electrons. The summed E-state index contributed by atoms with van der Waals surface area (Å²) in [6.45, 7) is 2.74. The summed E-state index contributed by atoms with van der Waals surface area (Å²) in [5.74, 6) is -2.05. The fourth-order valence-electron chi connectivity index (χ4n) is 4.26. The highest BCUT2D eigenvalue weighted by molar-refractivity contribution is 6.21. The zero-order valence-corrected chi connectivity index (χ0v) is 17.8. The SMILES string of the molecule is COc1c(F)cc(F)cc1N1CCN(CC(O)CCN2C(=O)c3ccccc3C2=O)CC1. The molecule has 0 bridgehead atoms. The first-order valence-electron chi connectivity index (χ1n) is 10.5. The van der Waals surface area contributed by atoms with Gasteiger partial charge in [0.15, 0.2) is 11.6 Å². The van der Waals surface area contributed by atoms with Crippen LogP contribution in [0.4, 0.5) is 14.5 Å². The Hall–Kier alpha value is -3.04. The molecule has 32 heavy (non-hydrogen) atoms. The molecule has 2 aromatic rings. The zero-order chi connectivity index (χ0) is 22.8. The number of hydrogen-bond acceptors (Lipinski definition) is 6. The molecular weight excluding hydrogens is 420 g/mol. The van der Waals surface area contributed by atoms with Crippen LogP contribution < -0.4 is 9.64 Å². The second kappa shape index (κ2) is 9.22. The lowest BCUT2D eigenvalue weighted by Crippen LogP contribution is -2.49. The molecule has 2 aliphatic rings. The Balaban J connectivity index is 1.28. The number of hydrogen-bond donors (Lipinski definition) is 1. The minimum atomic E-state index is -0.742. The molecule has 2 aliphatic heterocycles. The van der Waals surface area contributed by atoms with Crippen LogP contribution in [0.1, 0.15) is 27.1 Å². The van der Waals surface area contributed by atoms with Crippen LogP contribution in [0, 0.1) is 11.6 Å². The average Bonchev–Trinajstić information content (AvgIpc) is 3.02. The highest BCUT2D eigenvalue weighted by Gasteiger charge is 2.35. The van der Waals surface area contributed by atoms with E-state index in [4.69, 9.17) is 4.74 Å². The van der Waals surface area contributed by atoms with Crippen molar-refractivity contribution >= 4 is 17.5 Å². The molecule has 1 atom stereocenters. The van der Waals surface area contributed by atoms with Gasteiger partial charge in [-0.15, -0.1) is 0 Å². The first-order chi connectivity index (χ1) is 15.4. The quantitative estimate of drug-likeness (QED) is 0.659. The molecule has 1 saturated heterocycles. The van der Waals surface area contributed by atoms with Gasteiger partial charge >= 0.3 is 0 Å². The van der Waals surface area contributed by atoms with Crippen LogP contribution >= 0.6 is 0 Å². The Kier molecular flexibility index (Phi) is 6.38. The van der Waals surface area contributed by atoms with Crippen molar-refractivity contribution in [1.29, 1.82) is 0 Å². The third-order valence-electron chi connectivity index (χ3n) is 5.94. The van der Waals surface area contributed by atoms with Gasteiger partial charge in [0.2, 0.25) is 0 Å². The van der Waals surface area contributed by atoms with Gasteiger partial charge in [-0.25, -0.2) is 8.78 Å². The number of anilines is 1. The molecule has 2 amide bonds. The third kappa shape index (κ3) is 4.31. The van der Waals surface area contributed by atoms with E-state index in [0.29, 0.717) is 49.5 Å². The summed E-state index contributed by atoms with van der Waals surface area (Å²) in [5, 5.41) is 10.5. The Morgan fingerprint density at radius 2 is 1.66 bits per heavy atom. The highest BCUT2D eigenvalue weighted by atomic mass is 19.1. The monoisotopic (exact) mass is 445 g/mol. The molecule has 1 fully saturated rings. The van der Waals surface area contributed by atoms with E-state index in [-0.39, 0.29) is 30.5 Å². The Bertz CT molecular complexity index is 989. The number of halogens is 2. The van der Waals surface area contributed by atoms with Crippen molar-refractivity contribution < 1.29 is 28.2 Å². The summed E-state index contributed by atoms with van der Waals surface area (Å²) in [6.07, 6.45) is -0.443. The predicted octanol–water partition coefficient (Wildman–Crippen LogP) is 2.14. The second-order valence-corrected chi connectivity index (χ2v) is 7.98. The molecule has 0 saturated carbocycles. The Labute approximate surface area is 184 Å². The van der Waals surface area contributed by atoms with E-state index >= 15 is 0 Å². The lowest BCUT2D eigenvalue weighted by atomic mass is 10.1.